The zero-order valence-corrected chi connectivity index (χ0v) is 17.8. The molecule has 0 aliphatic heterocycles. The third-order valence-corrected chi connectivity index (χ3v) is 5.40. The lowest BCUT2D eigenvalue weighted by Gasteiger charge is -2.21. The van der Waals surface area contributed by atoms with E-state index in [0.29, 0.717) is 0 Å². The number of carbonyl (C=O) groups is 3. The van der Waals surface area contributed by atoms with Gasteiger partial charge in [0.25, 0.3) is 5.91 Å². The molecule has 0 aromatic heterocycles. The number of hydrogen-bond acceptors (Lipinski definition) is 6. The van der Waals surface area contributed by atoms with E-state index in [4.69, 9.17) is 14.6 Å². The zero-order valence-electron chi connectivity index (χ0n) is 17.8. The number of aliphatic carboxylic acids is 1. The van der Waals surface area contributed by atoms with Crippen LogP contribution in [0.3, 0.4) is 0 Å². The number of rotatable bonds is 9. The van der Waals surface area contributed by atoms with Crippen LogP contribution in [0.5, 0.6) is 0 Å². The number of carboxylic acid groups (broad SMARTS) is 1. The molecule has 0 spiro atoms. The third-order valence-electron chi connectivity index (χ3n) is 5.40. The first kappa shape index (κ1) is 23.2. The first-order chi connectivity index (χ1) is 15.3. The topological polar surface area (TPSA) is 134 Å². The average Bonchev–Trinajstić information content (AvgIpc) is 3.09. The van der Waals surface area contributed by atoms with Crippen molar-refractivity contribution in [2.24, 2.45) is 0 Å². The minimum absolute atomic E-state index is 0.1000. The van der Waals surface area contributed by atoms with E-state index >= 15 is 0 Å². The van der Waals surface area contributed by atoms with Crippen LogP contribution in [0.1, 0.15) is 24.0 Å². The summed E-state index contributed by atoms with van der Waals surface area (Å²) in [5.41, 5.74) is 4.38. The highest BCUT2D eigenvalue weighted by Crippen LogP contribution is 2.44. The maximum absolute atomic E-state index is 12.3. The molecular weight excluding hydrogens is 416 g/mol. The minimum Gasteiger partial charge on any atom is -0.480 e. The molecule has 1 aliphatic rings. The Balaban J connectivity index is 1.56. The van der Waals surface area contributed by atoms with Crippen LogP contribution in [-0.2, 0) is 19.1 Å². The lowest BCUT2D eigenvalue weighted by atomic mass is 9.98. The number of fused-ring (bicyclic) bond motifs is 3. The number of hydrogen-bond donors (Lipinski definition) is 4. The van der Waals surface area contributed by atoms with Crippen LogP contribution < -0.4 is 10.6 Å². The fraction of sp³-hybridized carbons (Fsp3) is 0.348. The van der Waals surface area contributed by atoms with Gasteiger partial charge in [-0.1, -0.05) is 48.5 Å². The number of methoxy groups -OCH3 is 1. The Kier molecular flexibility index (Phi) is 7.45. The molecular formula is C23H26N2O7. The lowest BCUT2D eigenvalue weighted by Crippen LogP contribution is -2.53. The van der Waals surface area contributed by atoms with E-state index in [1.165, 1.54) is 14.0 Å². The summed E-state index contributed by atoms with van der Waals surface area (Å²) in [6.07, 6.45) is -3.19. The van der Waals surface area contributed by atoms with Crippen molar-refractivity contribution in [1.29, 1.82) is 0 Å². The van der Waals surface area contributed by atoms with Gasteiger partial charge in [0.05, 0.1) is 12.6 Å². The molecule has 32 heavy (non-hydrogen) atoms. The van der Waals surface area contributed by atoms with Gasteiger partial charge < -0.3 is 30.3 Å². The van der Waals surface area contributed by atoms with Crippen LogP contribution in [0, 0.1) is 0 Å². The summed E-state index contributed by atoms with van der Waals surface area (Å²) >= 11 is 0. The number of ether oxygens (including phenoxy) is 2. The molecule has 3 atom stereocenters. The molecule has 3 unspecified atom stereocenters. The Morgan fingerprint density at radius 1 is 1.03 bits per heavy atom. The monoisotopic (exact) mass is 442 g/mol. The molecule has 170 valence electrons. The van der Waals surface area contributed by atoms with Crippen molar-refractivity contribution >= 4 is 18.0 Å². The van der Waals surface area contributed by atoms with E-state index in [9.17, 15) is 19.5 Å². The van der Waals surface area contributed by atoms with E-state index < -0.39 is 36.2 Å². The normalized spacial score (nSPS) is 15.1. The summed E-state index contributed by atoms with van der Waals surface area (Å²) in [4.78, 5) is 35.6. The van der Waals surface area contributed by atoms with Gasteiger partial charge in [0.2, 0.25) is 0 Å². The van der Waals surface area contributed by atoms with Crippen LogP contribution in [0.25, 0.3) is 11.1 Å². The highest BCUT2D eigenvalue weighted by molar-refractivity contribution is 5.87. The summed E-state index contributed by atoms with van der Waals surface area (Å²) < 4.78 is 10.4. The predicted octanol–water partition coefficient (Wildman–Crippen LogP) is 1.49. The molecule has 0 saturated carbocycles. The van der Waals surface area contributed by atoms with Crippen molar-refractivity contribution in [1.82, 2.24) is 10.6 Å². The van der Waals surface area contributed by atoms with Crippen LogP contribution in [0.2, 0.25) is 0 Å². The Morgan fingerprint density at radius 3 is 2.09 bits per heavy atom. The average molecular weight is 442 g/mol. The van der Waals surface area contributed by atoms with Crippen molar-refractivity contribution in [3.63, 3.8) is 0 Å². The van der Waals surface area contributed by atoms with Gasteiger partial charge in [-0.2, -0.15) is 0 Å². The lowest BCUT2D eigenvalue weighted by molar-refractivity contribution is -0.146. The Morgan fingerprint density at radius 2 is 1.59 bits per heavy atom. The summed E-state index contributed by atoms with van der Waals surface area (Å²) in [6, 6.07) is 14.4. The summed E-state index contributed by atoms with van der Waals surface area (Å²) in [7, 11) is 1.25. The first-order valence-corrected chi connectivity index (χ1v) is 10.2. The van der Waals surface area contributed by atoms with Gasteiger partial charge in [-0.15, -0.1) is 0 Å². The van der Waals surface area contributed by atoms with Gasteiger partial charge in [0.15, 0.2) is 12.1 Å². The number of carboxylic acids is 1. The Bertz CT molecular complexity index is 946. The molecule has 0 fully saturated rings. The van der Waals surface area contributed by atoms with Gasteiger partial charge in [-0.05, 0) is 29.2 Å². The molecule has 3 rings (SSSR count). The SMILES string of the molecule is COC(CNC(=O)OCC1c2ccccc2-c2ccccc21)C(=O)NC(C(=O)O)C(C)O. The molecule has 0 heterocycles. The van der Waals surface area contributed by atoms with Crippen molar-refractivity contribution in [3.05, 3.63) is 59.7 Å². The molecule has 0 bridgehead atoms. The van der Waals surface area contributed by atoms with E-state index in [1.54, 1.807) is 0 Å². The Labute approximate surface area is 185 Å². The number of aliphatic hydroxyl groups excluding tert-OH is 1. The smallest absolute Gasteiger partial charge is 0.407 e. The molecule has 1 aliphatic carbocycles. The molecule has 9 nitrogen and oxygen atoms in total. The van der Waals surface area contributed by atoms with E-state index in [2.05, 4.69) is 10.6 Å². The highest BCUT2D eigenvalue weighted by Gasteiger charge is 2.30. The maximum atomic E-state index is 12.3. The summed E-state index contributed by atoms with van der Waals surface area (Å²) in [6.45, 7) is 1.13. The van der Waals surface area contributed by atoms with Gasteiger partial charge in [0, 0.05) is 13.0 Å². The quantitative estimate of drug-likeness (QED) is 0.462. The molecule has 0 radical (unpaired) electrons. The number of carbonyl (C=O) groups excluding carboxylic acids is 2. The van der Waals surface area contributed by atoms with Gasteiger partial charge in [0.1, 0.15) is 6.61 Å². The summed E-state index contributed by atoms with van der Waals surface area (Å²) in [5, 5.41) is 23.2. The molecule has 0 saturated heterocycles. The number of amides is 2. The van der Waals surface area contributed by atoms with E-state index in [-0.39, 0.29) is 19.1 Å². The molecule has 2 amide bonds. The third kappa shape index (κ3) is 5.06. The maximum Gasteiger partial charge on any atom is 0.407 e. The second kappa shape index (κ2) is 10.3. The molecule has 2 aromatic carbocycles. The number of nitrogens with one attached hydrogen (secondary N) is 2. The second-order valence-electron chi connectivity index (χ2n) is 7.50. The number of benzene rings is 2. The fourth-order valence-corrected chi connectivity index (χ4v) is 3.74. The van der Waals surface area contributed by atoms with Crippen LogP contribution in [0.4, 0.5) is 4.79 Å². The van der Waals surface area contributed by atoms with Crippen molar-refractivity contribution in [2.75, 3.05) is 20.3 Å². The number of aliphatic hydroxyl groups is 1. The van der Waals surface area contributed by atoms with E-state index in [1.807, 2.05) is 48.5 Å². The summed E-state index contributed by atoms with van der Waals surface area (Å²) in [5.74, 6) is -2.26. The van der Waals surface area contributed by atoms with E-state index in [0.717, 1.165) is 22.3 Å². The second-order valence-corrected chi connectivity index (χ2v) is 7.50. The van der Waals surface area contributed by atoms with Gasteiger partial charge in [-0.25, -0.2) is 9.59 Å². The largest absolute Gasteiger partial charge is 0.480 e. The van der Waals surface area contributed by atoms with Crippen molar-refractivity contribution < 1.29 is 34.1 Å². The van der Waals surface area contributed by atoms with Crippen LogP contribution in [-0.4, -0.2) is 66.7 Å². The van der Waals surface area contributed by atoms with Gasteiger partial charge in [-0.3, -0.25) is 4.79 Å². The first-order valence-electron chi connectivity index (χ1n) is 10.2. The van der Waals surface area contributed by atoms with Crippen molar-refractivity contribution in [2.45, 2.75) is 31.1 Å². The molecule has 4 N–H and O–H groups in total. The van der Waals surface area contributed by atoms with Crippen LogP contribution in [0.15, 0.2) is 48.5 Å². The van der Waals surface area contributed by atoms with Crippen molar-refractivity contribution in [3.8, 4) is 11.1 Å². The minimum atomic E-state index is -1.49. The molecule has 9 heteroatoms. The molecule has 2 aromatic rings. The highest BCUT2D eigenvalue weighted by atomic mass is 16.5. The fourth-order valence-electron chi connectivity index (χ4n) is 3.74. The van der Waals surface area contributed by atoms with Gasteiger partial charge >= 0.3 is 12.1 Å². The number of alkyl carbamates (subject to hydrolysis) is 1. The Hall–Kier alpha value is -3.43. The standard InChI is InChI=1S/C23H26N2O7/c1-13(26)20(22(28)29)25-21(27)19(31-2)11-24-23(30)32-12-18-16-9-5-3-7-14(16)15-8-4-6-10-17(15)18/h3-10,13,18-20,26H,11-12H2,1-2H3,(H,24,30)(H,25,27)(H,28,29). The van der Waals surface area contributed by atoms with Crippen LogP contribution >= 0.6 is 0 Å². The predicted molar refractivity (Wildman–Crippen MR) is 115 cm³/mol. The zero-order chi connectivity index (χ0) is 23.3.